The molecule has 1 aromatic carbocycles. The van der Waals surface area contributed by atoms with Gasteiger partial charge in [0.15, 0.2) is 0 Å². The topological polar surface area (TPSA) is 109 Å². The molecule has 110 valence electrons. The summed E-state index contributed by atoms with van der Waals surface area (Å²) >= 11 is 0. The lowest BCUT2D eigenvalue weighted by Gasteiger charge is -2.25. The number of carboxylic acid groups (broad SMARTS) is 1. The van der Waals surface area contributed by atoms with Crippen molar-refractivity contribution in [3.63, 3.8) is 0 Å². The van der Waals surface area contributed by atoms with Gasteiger partial charge in [0, 0.05) is 5.54 Å². The zero-order valence-electron chi connectivity index (χ0n) is 11.2. The number of rotatable bonds is 4. The van der Waals surface area contributed by atoms with Crippen LogP contribution in [0.4, 0.5) is 5.69 Å². The molecule has 6 nitrogen and oxygen atoms in total. The summed E-state index contributed by atoms with van der Waals surface area (Å²) in [4.78, 5) is 10.7. The number of benzene rings is 1. The van der Waals surface area contributed by atoms with E-state index in [1.165, 1.54) is 12.1 Å². The molecule has 7 heteroatoms. The summed E-state index contributed by atoms with van der Waals surface area (Å²) in [6.45, 7) is 1.87. The van der Waals surface area contributed by atoms with Gasteiger partial charge in [0.1, 0.15) is 4.90 Å². The van der Waals surface area contributed by atoms with Crippen LogP contribution in [-0.2, 0) is 10.0 Å². The van der Waals surface area contributed by atoms with Crippen molar-refractivity contribution < 1.29 is 18.3 Å². The van der Waals surface area contributed by atoms with Gasteiger partial charge >= 0.3 is 5.97 Å². The van der Waals surface area contributed by atoms with Crippen molar-refractivity contribution in [2.45, 2.75) is 43.0 Å². The second kappa shape index (κ2) is 5.06. The lowest BCUT2D eigenvalue weighted by molar-refractivity contribution is 0.0697. The van der Waals surface area contributed by atoms with Crippen molar-refractivity contribution in [1.29, 1.82) is 0 Å². The Morgan fingerprint density at radius 3 is 2.45 bits per heavy atom. The molecule has 0 amide bonds. The highest BCUT2D eigenvalue weighted by Crippen LogP contribution is 2.31. The number of nitrogens with one attached hydrogen (secondary N) is 1. The van der Waals surface area contributed by atoms with Crippen molar-refractivity contribution in [2.75, 3.05) is 5.73 Å². The van der Waals surface area contributed by atoms with Crippen molar-refractivity contribution in [3.8, 4) is 0 Å². The molecule has 0 aliphatic heterocycles. The Bertz CT molecular complexity index is 634. The Kier molecular flexibility index (Phi) is 3.75. The van der Waals surface area contributed by atoms with E-state index in [1.807, 2.05) is 6.92 Å². The first-order chi connectivity index (χ1) is 9.23. The lowest BCUT2D eigenvalue weighted by atomic mass is 10.0. The Morgan fingerprint density at radius 2 is 1.95 bits per heavy atom. The number of nitrogen functional groups attached to an aromatic ring is 1. The molecule has 0 heterocycles. The summed E-state index contributed by atoms with van der Waals surface area (Å²) in [7, 11) is -3.74. The maximum absolute atomic E-state index is 12.4. The smallest absolute Gasteiger partial charge is 0.335 e. The molecule has 0 aromatic heterocycles. The monoisotopic (exact) mass is 298 g/mol. The maximum atomic E-state index is 12.4. The van der Waals surface area contributed by atoms with E-state index in [9.17, 15) is 13.2 Å². The Balaban J connectivity index is 2.32. The molecule has 0 unspecified atom stereocenters. The summed E-state index contributed by atoms with van der Waals surface area (Å²) in [5, 5.41) is 8.85. The maximum Gasteiger partial charge on any atom is 0.335 e. The highest BCUT2D eigenvalue weighted by atomic mass is 32.2. The van der Waals surface area contributed by atoms with Gasteiger partial charge in [-0.15, -0.1) is 0 Å². The van der Waals surface area contributed by atoms with Gasteiger partial charge in [-0.3, -0.25) is 0 Å². The highest BCUT2D eigenvalue weighted by molar-refractivity contribution is 7.89. The van der Waals surface area contributed by atoms with Crippen LogP contribution in [-0.4, -0.2) is 25.0 Å². The zero-order chi connectivity index (χ0) is 15.0. The quantitative estimate of drug-likeness (QED) is 0.731. The predicted octanol–water partition coefficient (Wildman–Crippen LogP) is 1.58. The van der Waals surface area contributed by atoms with Crippen LogP contribution in [0.5, 0.6) is 0 Å². The third-order valence-electron chi connectivity index (χ3n) is 3.63. The fourth-order valence-corrected chi connectivity index (χ4v) is 4.14. The first-order valence-corrected chi connectivity index (χ1v) is 7.89. The molecule has 0 spiro atoms. The van der Waals surface area contributed by atoms with E-state index in [2.05, 4.69) is 4.72 Å². The van der Waals surface area contributed by atoms with Crippen LogP contribution < -0.4 is 10.5 Å². The van der Waals surface area contributed by atoms with Gasteiger partial charge in [-0.1, -0.05) is 12.8 Å². The Labute approximate surface area is 118 Å². The van der Waals surface area contributed by atoms with E-state index in [0.29, 0.717) is 0 Å². The zero-order valence-corrected chi connectivity index (χ0v) is 12.0. The summed E-state index contributed by atoms with van der Waals surface area (Å²) < 4.78 is 27.4. The first kappa shape index (κ1) is 14.8. The van der Waals surface area contributed by atoms with Crippen LogP contribution in [0.25, 0.3) is 0 Å². The average Bonchev–Trinajstić information content (AvgIpc) is 2.74. The van der Waals surface area contributed by atoms with E-state index in [1.54, 1.807) is 0 Å². The third kappa shape index (κ3) is 2.94. The molecule has 2 rings (SSSR count). The number of anilines is 1. The molecular weight excluding hydrogens is 280 g/mol. The molecule has 1 saturated carbocycles. The molecule has 1 aromatic rings. The van der Waals surface area contributed by atoms with Crippen molar-refractivity contribution in [1.82, 2.24) is 4.72 Å². The van der Waals surface area contributed by atoms with Crippen LogP contribution in [0.15, 0.2) is 23.1 Å². The molecule has 0 saturated heterocycles. The van der Waals surface area contributed by atoms with Gasteiger partial charge in [-0.2, -0.15) is 0 Å². The molecule has 4 N–H and O–H groups in total. The standard InChI is InChI=1S/C13H18N2O4S/c1-13(6-2-3-7-13)15-20(18,19)11-5-4-9(12(16)17)8-10(11)14/h4-5,8,15H,2-3,6-7,14H2,1H3,(H,16,17). The van der Waals surface area contributed by atoms with Gasteiger partial charge in [0.25, 0.3) is 0 Å². The Morgan fingerprint density at radius 1 is 1.35 bits per heavy atom. The number of carbonyl (C=O) groups is 1. The first-order valence-electron chi connectivity index (χ1n) is 6.40. The normalized spacial score (nSPS) is 18.1. The van der Waals surface area contributed by atoms with E-state index < -0.39 is 21.5 Å². The fraction of sp³-hybridized carbons (Fsp3) is 0.462. The van der Waals surface area contributed by atoms with Gasteiger partial charge < -0.3 is 10.8 Å². The number of sulfonamides is 1. The van der Waals surface area contributed by atoms with E-state index in [0.717, 1.165) is 31.7 Å². The van der Waals surface area contributed by atoms with E-state index in [4.69, 9.17) is 10.8 Å². The van der Waals surface area contributed by atoms with Crippen LogP contribution in [0, 0.1) is 0 Å². The second-order valence-corrected chi connectivity index (χ2v) is 7.08. The summed E-state index contributed by atoms with van der Waals surface area (Å²) in [6, 6.07) is 3.64. The number of hydrogen-bond donors (Lipinski definition) is 3. The SMILES string of the molecule is CC1(NS(=O)(=O)c2ccc(C(=O)O)cc2N)CCCC1. The minimum absolute atomic E-state index is 0.0338. The van der Waals surface area contributed by atoms with Crippen LogP contribution in [0.2, 0.25) is 0 Å². The molecule has 0 bridgehead atoms. The summed E-state index contributed by atoms with van der Waals surface area (Å²) in [6.07, 6.45) is 3.57. The van der Waals surface area contributed by atoms with Gasteiger partial charge in [0.2, 0.25) is 10.0 Å². The molecule has 1 aliphatic carbocycles. The number of carboxylic acids is 1. The van der Waals surface area contributed by atoms with Crippen molar-refractivity contribution >= 4 is 21.7 Å². The van der Waals surface area contributed by atoms with Gasteiger partial charge in [-0.05, 0) is 38.0 Å². The molecule has 20 heavy (non-hydrogen) atoms. The molecule has 0 radical (unpaired) electrons. The van der Waals surface area contributed by atoms with E-state index >= 15 is 0 Å². The average molecular weight is 298 g/mol. The molecular formula is C13H18N2O4S. The minimum Gasteiger partial charge on any atom is -0.478 e. The summed E-state index contributed by atoms with van der Waals surface area (Å²) in [5.74, 6) is -1.14. The van der Waals surface area contributed by atoms with Crippen LogP contribution in [0.3, 0.4) is 0 Å². The number of nitrogens with two attached hydrogens (primary N) is 1. The molecule has 1 fully saturated rings. The third-order valence-corrected chi connectivity index (χ3v) is 5.35. The number of hydrogen-bond acceptors (Lipinski definition) is 4. The molecule has 1 aliphatic rings. The predicted molar refractivity (Wildman–Crippen MR) is 75.0 cm³/mol. The molecule has 0 atom stereocenters. The summed E-state index contributed by atoms with van der Waals surface area (Å²) in [5.41, 5.74) is 5.14. The van der Waals surface area contributed by atoms with Crippen molar-refractivity contribution in [2.24, 2.45) is 0 Å². The second-order valence-electron chi connectivity index (χ2n) is 5.43. The van der Waals surface area contributed by atoms with Crippen LogP contribution >= 0.6 is 0 Å². The van der Waals surface area contributed by atoms with Crippen LogP contribution in [0.1, 0.15) is 43.0 Å². The van der Waals surface area contributed by atoms with Crippen molar-refractivity contribution in [3.05, 3.63) is 23.8 Å². The lowest BCUT2D eigenvalue weighted by Crippen LogP contribution is -2.43. The largest absolute Gasteiger partial charge is 0.478 e. The van der Waals surface area contributed by atoms with Gasteiger partial charge in [0.05, 0.1) is 11.3 Å². The van der Waals surface area contributed by atoms with E-state index in [-0.39, 0.29) is 16.1 Å². The minimum atomic E-state index is -3.74. The Hall–Kier alpha value is -1.60. The van der Waals surface area contributed by atoms with Gasteiger partial charge in [-0.25, -0.2) is 17.9 Å². The fourth-order valence-electron chi connectivity index (χ4n) is 2.56. The number of aromatic carboxylic acids is 1. The highest BCUT2D eigenvalue weighted by Gasteiger charge is 2.34.